The van der Waals surface area contributed by atoms with E-state index in [1.54, 1.807) is 0 Å². The van der Waals surface area contributed by atoms with Gasteiger partial charge in [-0.3, -0.25) is 0 Å². The van der Waals surface area contributed by atoms with Crippen molar-refractivity contribution in [3.63, 3.8) is 0 Å². The van der Waals surface area contributed by atoms with Crippen LogP contribution in [0.2, 0.25) is 0 Å². The zero-order chi connectivity index (χ0) is 12.9. The largest absolute Gasteiger partial charge is 0.329 e. The summed E-state index contributed by atoms with van der Waals surface area (Å²) in [5.41, 5.74) is 11.1. The van der Waals surface area contributed by atoms with Gasteiger partial charge in [0.15, 0.2) is 0 Å². The summed E-state index contributed by atoms with van der Waals surface area (Å²) in [6, 6.07) is 0. The second kappa shape index (κ2) is 12.3. The standard InChI is InChI=1S/C12H31N5/c1-3-8-17(10-5-14)12-7-15-6-11-16(2)9-4-13/h15H,3-14H2,1-2H3. The Balaban J connectivity index is 3.40. The molecule has 0 fully saturated rings. The maximum atomic E-state index is 5.58. The maximum absolute atomic E-state index is 5.58. The first-order valence-electron chi connectivity index (χ1n) is 6.76. The molecule has 0 saturated carbocycles. The summed E-state index contributed by atoms with van der Waals surface area (Å²) in [5, 5.41) is 3.46. The van der Waals surface area contributed by atoms with Gasteiger partial charge in [-0.05, 0) is 20.0 Å². The lowest BCUT2D eigenvalue weighted by atomic mass is 10.4. The lowest BCUT2D eigenvalue weighted by Crippen LogP contribution is -2.38. The quantitative estimate of drug-likeness (QED) is 0.390. The van der Waals surface area contributed by atoms with Crippen molar-refractivity contribution in [1.29, 1.82) is 0 Å². The second-order valence-electron chi connectivity index (χ2n) is 4.47. The van der Waals surface area contributed by atoms with Crippen LogP contribution in [0.1, 0.15) is 13.3 Å². The van der Waals surface area contributed by atoms with Gasteiger partial charge >= 0.3 is 0 Å². The molecule has 0 bridgehead atoms. The van der Waals surface area contributed by atoms with Gasteiger partial charge < -0.3 is 26.6 Å². The minimum atomic E-state index is 0.733. The van der Waals surface area contributed by atoms with Gasteiger partial charge in [-0.15, -0.1) is 0 Å². The Kier molecular flexibility index (Phi) is 12.1. The fourth-order valence-corrected chi connectivity index (χ4v) is 1.80. The SMILES string of the molecule is CCCN(CCN)CCNCCN(C)CCN. The van der Waals surface area contributed by atoms with Crippen molar-refractivity contribution in [2.75, 3.05) is 66.0 Å². The highest BCUT2D eigenvalue weighted by atomic mass is 15.1. The molecule has 0 aromatic carbocycles. The molecule has 0 atom stereocenters. The van der Waals surface area contributed by atoms with E-state index in [0.717, 1.165) is 58.9 Å². The van der Waals surface area contributed by atoms with Crippen molar-refractivity contribution < 1.29 is 0 Å². The molecule has 5 heteroatoms. The third-order valence-electron chi connectivity index (χ3n) is 2.77. The summed E-state index contributed by atoms with van der Waals surface area (Å²) >= 11 is 0. The number of hydrogen-bond acceptors (Lipinski definition) is 5. The van der Waals surface area contributed by atoms with E-state index in [4.69, 9.17) is 11.5 Å². The highest BCUT2D eigenvalue weighted by molar-refractivity contribution is 4.61. The van der Waals surface area contributed by atoms with E-state index < -0.39 is 0 Å². The molecule has 0 aromatic rings. The van der Waals surface area contributed by atoms with Gasteiger partial charge in [0.25, 0.3) is 0 Å². The summed E-state index contributed by atoms with van der Waals surface area (Å²) in [6.07, 6.45) is 1.19. The molecule has 17 heavy (non-hydrogen) atoms. The molecule has 0 aliphatic heterocycles. The first-order chi connectivity index (χ1) is 8.24. The van der Waals surface area contributed by atoms with Crippen molar-refractivity contribution in [3.8, 4) is 0 Å². The minimum absolute atomic E-state index is 0.733. The van der Waals surface area contributed by atoms with Gasteiger partial charge in [0.2, 0.25) is 0 Å². The number of nitrogens with one attached hydrogen (secondary N) is 1. The number of nitrogens with zero attached hydrogens (tertiary/aromatic N) is 2. The monoisotopic (exact) mass is 245 g/mol. The van der Waals surface area contributed by atoms with Gasteiger partial charge in [-0.25, -0.2) is 0 Å². The highest BCUT2D eigenvalue weighted by Gasteiger charge is 2.01. The third-order valence-corrected chi connectivity index (χ3v) is 2.77. The number of hydrogen-bond donors (Lipinski definition) is 3. The molecule has 5 nitrogen and oxygen atoms in total. The normalized spacial score (nSPS) is 11.6. The van der Waals surface area contributed by atoms with E-state index in [2.05, 4.69) is 29.1 Å². The molecule has 0 saturated heterocycles. The second-order valence-corrected chi connectivity index (χ2v) is 4.47. The van der Waals surface area contributed by atoms with Crippen LogP contribution >= 0.6 is 0 Å². The summed E-state index contributed by atoms with van der Waals surface area (Å²) < 4.78 is 0. The van der Waals surface area contributed by atoms with Crippen molar-refractivity contribution >= 4 is 0 Å². The molecule has 104 valence electrons. The Hall–Kier alpha value is -0.200. The molecule has 5 N–H and O–H groups in total. The van der Waals surface area contributed by atoms with Crippen LogP contribution in [0.4, 0.5) is 0 Å². The average Bonchev–Trinajstić information content (AvgIpc) is 2.29. The van der Waals surface area contributed by atoms with Crippen LogP contribution in [0.25, 0.3) is 0 Å². The van der Waals surface area contributed by atoms with E-state index in [9.17, 15) is 0 Å². The maximum Gasteiger partial charge on any atom is 0.0107 e. The van der Waals surface area contributed by atoms with E-state index >= 15 is 0 Å². The highest BCUT2D eigenvalue weighted by Crippen LogP contribution is 1.88. The van der Waals surface area contributed by atoms with Crippen LogP contribution in [0.15, 0.2) is 0 Å². The Morgan fingerprint density at radius 2 is 1.53 bits per heavy atom. The van der Waals surface area contributed by atoms with Crippen molar-refractivity contribution in [3.05, 3.63) is 0 Å². The fourth-order valence-electron chi connectivity index (χ4n) is 1.80. The molecule has 0 unspecified atom stereocenters. The predicted octanol–water partition coefficient (Wildman–Crippen LogP) is -0.863. The minimum Gasteiger partial charge on any atom is -0.329 e. The lowest BCUT2D eigenvalue weighted by molar-refractivity contribution is 0.276. The predicted molar refractivity (Wildman–Crippen MR) is 75.2 cm³/mol. The smallest absolute Gasteiger partial charge is 0.0107 e. The summed E-state index contributed by atoms with van der Waals surface area (Å²) in [5.74, 6) is 0. The summed E-state index contributed by atoms with van der Waals surface area (Å²) in [4.78, 5) is 4.66. The number of rotatable bonds is 12. The van der Waals surface area contributed by atoms with Gasteiger partial charge in [0, 0.05) is 52.4 Å². The van der Waals surface area contributed by atoms with Crippen molar-refractivity contribution in [2.45, 2.75) is 13.3 Å². The summed E-state index contributed by atoms with van der Waals surface area (Å²) in [7, 11) is 2.10. The Labute approximate surface area is 107 Å². The number of likely N-dealkylation sites (N-methyl/N-ethyl adjacent to an activating group) is 1. The average molecular weight is 245 g/mol. The van der Waals surface area contributed by atoms with E-state index in [-0.39, 0.29) is 0 Å². The molecule has 0 amide bonds. The Morgan fingerprint density at radius 1 is 0.882 bits per heavy atom. The van der Waals surface area contributed by atoms with Crippen LogP contribution in [0.5, 0.6) is 0 Å². The third kappa shape index (κ3) is 10.7. The zero-order valence-electron chi connectivity index (χ0n) is 11.6. The van der Waals surface area contributed by atoms with Crippen LogP contribution in [0, 0.1) is 0 Å². The molecule has 0 heterocycles. The van der Waals surface area contributed by atoms with Crippen molar-refractivity contribution in [1.82, 2.24) is 15.1 Å². The van der Waals surface area contributed by atoms with Crippen LogP contribution < -0.4 is 16.8 Å². The molecule has 0 radical (unpaired) electrons. The molecular weight excluding hydrogens is 214 g/mol. The molecule has 0 aromatic heterocycles. The number of nitrogens with two attached hydrogens (primary N) is 2. The fraction of sp³-hybridized carbons (Fsp3) is 1.00. The van der Waals surface area contributed by atoms with Crippen LogP contribution in [-0.4, -0.2) is 75.8 Å². The van der Waals surface area contributed by atoms with E-state index in [0.29, 0.717) is 0 Å². The first-order valence-corrected chi connectivity index (χ1v) is 6.76. The van der Waals surface area contributed by atoms with Gasteiger partial charge in [0.1, 0.15) is 0 Å². The van der Waals surface area contributed by atoms with Gasteiger partial charge in [0.05, 0.1) is 0 Å². The van der Waals surface area contributed by atoms with Gasteiger partial charge in [-0.2, -0.15) is 0 Å². The van der Waals surface area contributed by atoms with Crippen molar-refractivity contribution in [2.24, 2.45) is 11.5 Å². The molecule has 0 spiro atoms. The lowest BCUT2D eigenvalue weighted by Gasteiger charge is -2.21. The Morgan fingerprint density at radius 3 is 2.12 bits per heavy atom. The van der Waals surface area contributed by atoms with Gasteiger partial charge in [-0.1, -0.05) is 6.92 Å². The molecular formula is C12H31N5. The zero-order valence-corrected chi connectivity index (χ0v) is 11.6. The molecule has 0 rings (SSSR count). The topological polar surface area (TPSA) is 70.5 Å². The first kappa shape index (κ1) is 16.8. The Bertz CT molecular complexity index is 148. The summed E-state index contributed by atoms with van der Waals surface area (Å²) in [6.45, 7) is 11.0. The van der Waals surface area contributed by atoms with E-state index in [1.807, 2.05) is 0 Å². The molecule has 0 aliphatic rings. The van der Waals surface area contributed by atoms with Crippen LogP contribution in [-0.2, 0) is 0 Å². The van der Waals surface area contributed by atoms with E-state index in [1.165, 1.54) is 6.42 Å². The molecule has 0 aliphatic carbocycles. The van der Waals surface area contributed by atoms with Crippen LogP contribution in [0.3, 0.4) is 0 Å².